The van der Waals surface area contributed by atoms with E-state index >= 15 is 0 Å². The van der Waals surface area contributed by atoms with Crippen LogP contribution in [0.15, 0.2) is 34.1 Å². The summed E-state index contributed by atoms with van der Waals surface area (Å²) in [6.45, 7) is 0.456. The lowest BCUT2D eigenvalue weighted by atomic mass is 10.2. The fourth-order valence-corrected chi connectivity index (χ4v) is 5.24. The van der Waals surface area contributed by atoms with Crippen LogP contribution in [0, 0.1) is 0 Å². The molecule has 9 nitrogen and oxygen atoms in total. The Hall–Kier alpha value is -2.14. The molecule has 2 heterocycles. The molecule has 1 saturated heterocycles. The highest BCUT2D eigenvalue weighted by Gasteiger charge is 2.28. The van der Waals surface area contributed by atoms with Crippen molar-refractivity contribution >= 4 is 44.8 Å². The van der Waals surface area contributed by atoms with Crippen LogP contribution in [0.1, 0.15) is 25.7 Å². The van der Waals surface area contributed by atoms with Crippen LogP contribution in [-0.2, 0) is 21.4 Å². The highest BCUT2D eigenvalue weighted by Crippen LogP contribution is 2.31. The molecule has 0 bridgehead atoms. The summed E-state index contributed by atoms with van der Waals surface area (Å²) in [4.78, 5) is 24.4. The van der Waals surface area contributed by atoms with Crippen molar-refractivity contribution in [2.75, 3.05) is 25.5 Å². The molecule has 31 heavy (non-hydrogen) atoms. The van der Waals surface area contributed by atoms with Crippen LogP contribution in [0.3, 0.4) is 0 Å². The zero-order chi connectivity index (χ0) is 22.6. The number of nitrogens with zero attached hydrogens (tertiary/aromatic N) is 3. The van der Waals surface area contributed by atoms with Crippen molar-refractivity contribution in [3.8, 4) is 5.75 Å². The van der Waals surface area contributed by atoms with E-state index in [0.717, 1.165) is 36.6 Å². The summed E-state index contributed by atoms with van der Waals surface area (Å²) in [5, 5.41) is 6.11. The van der Waals surface area contributed by atoms with E-state index in [1.807, 2.05) is 0 Å². The van der Waals surface area contributed by atoms with Gasteiger partial charge in [-0.05, 0) is 31.0 Å². The van der Waals surface area contributed by atoms with E-state index in [2.05, 4.69) is 10.4 Å². The van der Waals surface area contributed by atoms with Crippen molar-refractivity contribution in [3.05, 3.63) is 44.8 Å². The second-order valence-electron chi connectivity index (χ2n) is 7.00. The zero-order valence-electron chi connectivity index (χ0n) is 16.8. The van der Waals surface area contributed by atoms with Crippen LogP contribution in [0.25, 0.3) is 0 Å². The van der Waals surface area contributed by atoms with Crippen molar-refractivity contribution < 1.29 is 17.9 Å². The average Bonchev–Trinajstić information content (AvgIpc) is 3.04. The van der Waals surface area contributed by atoms with Crippen molar-refractivity contribution in [3.63, 3.8) is 0 Å². The number of sulfonamides is 1. The first-order valence-corrected chi connectivity index (χ1v) is 11.8. The highest BCUT2D eigenvalue weighted by atomic mass is 35.5. The standard InChI is InChI=1S/C19H22Cl2N4O5S/c1-30-15-7-6-13(10-16(15)31(28,29)24-8-4-2-3-5-9-24)23-17(26)12-25-19(27)18(21)14(20)11-22-25/h6-7,10-11H,2-5,8-9,12H2,1H3,(H,23,26). The number of halogens is 2. The fourth-order valence-electron chi connectivity index (χ4n) is 3.27. The molecule has 1 amide bonds. The lowest BCUT2D eigenvalue weighted by Crippen LogP contribution is -2.32. The smallest absolute Gasteiger partial charge is 0.287 e. The lowest BCUT2D eigenvalue weighted by Gasteiger charge is -2.21. The van der Waals surface area contributed by atoms with E-state index in [1.54, 1.807) is 0 Å². The number of aromatic nitrogens is 2. The number of anilines is 1. The summed E-state index contributed by atoms with van der Waals surface area (Å²) < 4.78 is 34.0. The molecule has 12 heteroatoms. The summed E-state index contributed by atoms with van der Waals surface area (Å²) in [5.74, 6) is -0.402. The molecular formula is C19H22Cl2N4O5S. The van der Waals surface area contributed by atoms with E-state index in [9.17, 15) is 18.0 Å². The molecule has 0 atom stereocenters. The Morgan fingerprint density at radius 2 is 1.87 bits per heavy atom. The molecule has 0 spiro atoms. The first kappa shape index (κ1) is 23.5. The number of benzene rings is 1. The van der Waals surface area contributed by atoms with Gasteiger partial charge in [-0.1, -0.05) is 36.0 Å². The molecule has 168 valence electrons. The average molecular weight is 489 g/mol. The molecule has 0 unspecified atom stereocenters. The number of amides is 1. The van der Waals surface area contributed by atoms with Crippen molar-refractivity contribution in [2.24, 2.45) is 0 Å². The molecule has 1 N–H and O–H groups in total. The van der Waals surface area contributed by atoms with Gasteiger partial charge in [-0.15, -0.1) is 0 Å². The number of methoxy groups -OCH3 is 1. The van der Waals surface area contributed by atoms with Gasteiger partial charge in [0, 0.05) is 18.8 Å². The molecule has 3 rings (SSSR count). The van der Waals surface area contributed by atoms with Crippen LogP contribution in [0.5, 0.6) is 5.75 Å². The maximum atomic E-state index is 13.2. The van der Waals surface area contributed by atoms with Gasteiger partial charge in [-0.2, -0.15) is 9.40 Å². The number of carbonyl (C=O) groups excluding carboxylic acids is 1. The van der Waals surface area contributed by atoms with Crippen LogP contribution in [-0.4, -0.2) is 48.6 Å². The third kappa shape index (κ3) is 5.38. The van der Waals surface area contributed by atoms with Gasteiger partial charge in [-0.3, -0.25) is 9.59 Å². The Balaban J connectivity index is 1.84. The van der Waals surface area contributed by atoms with E-state index < -0.39 is 28.0 Å². The maximum Gasteiger partial charge on any atom is 0.287 e. The minimum Gasteiger partial charge on any atom is -0.495 e. The molecule has 0 saturated carbocycles. The predicted octanol–water partition coefficient (Wildman–Crippen LogP) is 2.76. The van der Waals surface area contributed by atoms with Crippen LogP contribution in [0.4, 0.5) is 5.69 Å². The SMILES string of the molecule is COc1ccc(NC(=O)Cn2ncc(Cl)c(Cl)c2=O)cc1S(=O)(=O)N1CCCCCC1. The number of hydrogen-bond donors (Lipinski definition) is 1. The number of ether oxygens (including phenoxy) is 1. The molecule has 1 aliphatic heterocycles. The molecule has 2 aromatic rings. The van der Waals surface area contributed by atoms with Crippen LogP contribution >= 0.6 is 23.2 Å². The zero-order valence-corrected chi connectivity index (χ0v) is 19.1. The molecule has 1 aromatic heterocycles. The van der Waals surface area contributed by atoms with Crippen molar-refractivity contribution in [1.82, 2.24) is 14.1 Å². The first-order chi connectivity index (χ1) is 14.7. The summed E-state index contributed by atoms with van der Waals surface area (Å²) >= 11 is 11.5. The van der Waals surface area contributed by atoms with Gasteiger partial charge in [0.2, 0.25) is 15.9 Å². The Morgan fingerprint density at radius 1 is 1.19 bits per heavy atom. The normalized spacial score (nSPS) is 15.3. The summed E-state index contributed by atoms with van der Waals surface area (Å²) in [5.41, 5.74) is -0.462. The lowest BCUT2D eigenvalue weighted by molar-refractivity contribution is -0.117. The minimum absolute atomic E-state index is 0.0122. The van der Waals surface area contributed by atoms with E-state index in [1.165, 1.54) is 29.6 Å². The Kier molecular flexibility index (Phi) is 7.58. The Morgan fingerprint density at radius 3 is 2.52 bits per heavy atom. The largest absolute Gasteiger partial charge is 0.495 e. The number of rotatable bonds is 6. The highest BCUT2D eigenvalue weighted by molar-refractivity contribution is 7.89. The third-order valence-corrected chi connectivity index (χ3v) is 7.53. The molecular weight excluding hydrogens is 467 g/mol. The van der Waals surface area contributed by atoms with Gasteiger partial charge in [0.05, 0.1) is 18.3 Å². The third-order valence-electron chi connectivity index (χ3n) is 4.87. The molecule has 0 radical (unpaired) electrons. The number of carbonyl (C=O) groups is 1. The second-order valence-corrected chi connectivity index (χ2v) is 9.69. The summed E-state index contributed by atoms with van der Waals surface area (Å²) in [6, 6.07) is 4.34. The minimum atomic E-state index is -3.81. The van der Waals surface area contributed by atoms with Gasteiger partial charge in [0.25, 0.3) is 5.56 Å². The van der Waals surface area contributed by atoms with Gasteiger partial charge in [0.1, 0.15) is 22.2 Å². The van der Waals surface area contributed by atoms with Gasteiger partial charge in [-0.25, -0.2) is 13.1 Å². The predicted molar refractivity (Wildman–Crippen MR) is 117 cm³/mol. The maximum absolute atomic E-state index is 13.2. The molecule has 1 aliphatic rings. The van der Waals surface area contributed by atoms with E-state index in [0.29, 0.717) is 13.1 Å². The van der Waals surface area contributed by atoms with Crippen LogP contribution in [0.2, 0.25) is 10.0 Å². The monoisotopic (exact) mass is 488 g/mol. The van der Waals surface area contributed by atoms with Crippen molar-refractivity contribution in [2.45, 2.75) is 37.1 Å². The summed E-state index contributed by atoms with van der Waals surface area (Å²) in [6.07, 6.45) is 4.73. The van der Waals surface area contributed by atoms with Gasteiger partial charge >= 0.3 is 0 Å². The second kappa shape index (κ2) is 9.99. The van der Waals surface area contributed by atoms with Gasteiger partial charge < -0.3 is 10.1 Å². The number of hydrogen-bond acceptors (Lipinski definition) is 6. The van der Waals surface area contributed by atoms with Crippen LogP contribution < -0.4 is 15.6 Å². The molecule has 1 aromatic carbocycles. The van der Waals surface area contributed by atoms with E-state index in [4.69, 9.17) is 27.9 Å². The molecule has 0 aliphatic carbocycles. The topological polar surface area (TPSA) is 111 Å². The Bertz CT molecular complexity index is 1130. The van der Waals surface area contributed by atoms with Crippen molar-refractivity contribution in [1.29, 1.82) is 0 Å². The quantitative estimate of drug-likeness (QED) is 0.668. The van der Waals surface area contributed by atoms with E-state index in [-0.39, 0.29) is 26.4 Å². The number of nitrogens with one attached hydrogen (secondary N) is 1. The Labute approximate surface area is 189 Å². The van der Waals surface area contributed by atoms with Gasteiger partial charge in [0.15, 0.2) is 0 Å². The fraction of sp³-hybridized carbons (Fsp3) is 0.421. The molecule has 1 fully saturated rings. The summed E-state index contributed by atoms with van der Waals surface area (Å²) in [7, 11) is -2.42. The first-order valence-electron chi connectivity index (χ1n) is 9.63.